The molecule has 1 atom stereocenters. The van der Waals surface area contributed by atoms with Crippen LogP contribution in [-0.2, 0) is 14.8 Å². The lowest BCUT2D eigenvalue weighted by molar-refractivity contribution is -0.127. The van der Waals surface area contributed by atoms with Gasteiger partial charge in [0.2, 0.25) is 0 Å². The third kappa shape index (κ3) is 5.33. The highest BCUT2D eigenvalue weighted by Crippen LogP contribution is 2.38. The summed E-state index contributed by atoms with van der Waals surface area (Å²) in [5.74, 6) is 1.56. The van der Waals surface area contributed by atoms with Crippen molar-refractivity contribution in [3.05, 3.63) is 72.3 Å². The van der Waals surface area contributed by atoms with Gasteiger partial charge in [-0.3, -0.25) is 9.10 Å². The predicted octanol–water partition coefficient (Wildman–Crippen LogP) is 3.16. The van der Waals surface area contributed by atoms with Crippen LogP contribution in [0.5, 0.6) is 23.0 Å². The smallest absolute Gasteiger partial charge is 0.264 e. The molecule has 36 heavy (non-hydrogen) atoms. The highest BCUT2D eigenvalue weighted by molar-refractivity contribution is 7.92. The number of rotatable bonds is 9. The lowest BCUT2D eigenvalue weighted by Gasteiger charge is -2.35. The maximum absolute atomic E-state index is 13.6. The van der Waals surface area contributed by atoms with Crippen molar-refractivity contribution in [3.8, 4) is 23.0 Å². The van der Waals surface area contributed by atoms with E-state index in [1.807, 2.05) is 19.1 Å². The molecule has 9 nitrogen and oxygen atoms in total. The third-order valence-electron chi connectivity index (χ3n) is 5.65. The first-order chi connectivity index (χ1) is 17.3. The van der Waals surface area contributed by atoms with Gasteiger partial charge in [0.1, 0.15) is 18.1 Å². The van der Waals surface area contributed by atoms with Crippen molar-refractivity contribution in [3.63, 3.8) is 0 Å². The predicted molar refractivity (Wildman–Crippen MR) is 135 cm³/mol. The zero-order chi connectivity index (χ0) is 25.7. The quantitative estimate of drug-likeness (QED) is 0.439. The molecule has 1 amide bonds. The van der Waals surface area contributed by atoms with Crippen LogP contribution >= 0.6 is 0 Å². The molecular weight excluding hydrogens is 484 g/mol. The highest BCUT2D eigenvalue weighted by atomic mass is 32.2. The number of nitrogens with zero attached hydrogens (tertiary/aromatic N) is 1. The number of anilines is 1. The van der Waals surface area contributed by atoms with Crippen LogP contribution in [0, 0.1) is 6.92 Å². The van der Waals surface area contributed by atoms with Crippen LogP contribution in [0.1, 0.15) is 5.56 Å². The lowest BCUT2D eigenvalue weighted by atomic mass is 10.1. The second kappa shape index (κ2) is 10.8. The van der Waals surface area contributed by atoms with Crippen molar-refractivity contribution in [2.75, 3.05) is 38.2 Å². The molecule has 1 aliphatic heterocycles. The summed E-state index contributed by atoms with van der Waals surface area (Å²) in [6.07, 6.45) is -1.04. The standard InChI is InChI=1S/C26H28N2O7S/c1-18-8-13-22-21(16-18)28(36(30,31)20-11-9-19(32-2)10-12-20)17-25(35-22)26(29)27-14-15-34-24-7-5-4-6-23(24)33-3/h4-13,16,25H,14-15,17H2,1-3H3,(H,27,29)/t25-/m0/s1. The number of hydrogen-bond donors (Lipinski definition) is 1. The average molecular weight is 513 g/mol. The Labute approximate surface area is 210 Å². The fourth-order valence-corrected chi connectivity index (χ4v) is 5.26. The molecular formula is C26H28N2O7S. The van der Waals surface area contributed by atoms with Crippen LogP contribution in [0.2, 0.25) is 0 Å². The maximum Gasteiger partial charge on any atom is 0.264 e. The van der Waals surface area contributed by atoms with Crippen LogP contribution in [0.4, 0.5) is 5.69 Å². The SMILES string of the molecule is COc1ccc(S(=O)(=O)N2C[C@@H](C(=O)NCCOc3ccccc3OC)Oc3ccc(C)cc32)cc1. The van der Waals surface area contributed by atoms with Crippen LogP contribution in [-0.4, -0.2) is 54.3 Å². The summed E-state index contributed by atoms with van der Waals surface area (Å²) < 4.78 is 50.3. The van der Waals surface area contributed by atoms with E-state index in [-0.39, 0.29) is 24.6 Å². The molecule has 1 N–H and O–H groups in total. The van der Waals surface area contributed by atoms with Gasteiger partial charge in [0.15, 0.2) is 17.6 Å². The van der Waals surface area contributed by atoms with Crippen LogP contribution < -0.4 is 28.6 Å². The molecule has 190 valence electrons. The molecule has 1 heterocycles. The zero-order valence-electron chi connectivity index (χ0n) is 20.3. The molecule has 4 rings (SSSR count). The number of aryl methyl sites for hydroxylation is 1. The highest BCUT2D eigenvalue weighted by Gasteiger charge is 2.37. The van der Waals surface area contributed by atoms with Crippen molar-refractivity contribution in [2.45, 2.75) is 17.9 Å². The summed E-state index contributed by atoms with van der Waals surface area (Å²) in [6, 6.07) is 18.5. The molecule has 1 aliphatic rings. The number of hydrogen-bond acceptors (Lipinski definition) is 7. The van der Waals surface area contributed by atoms with E-state index in [1.165, 1.54) is 23.5 Å². The number of sulfonamides is 1. The van der Waals surface area contributed by atoms with Gasteiger partial charge < -0.3 is 24.3 Å². The molecule has 0 bridgehead atoms. The Kier molecular flexibility index (Phi) is 7.54. The summed E-state index contributed by atoms with van der Waals surface area (Å²) in [5, 5.41) is 2.76. The fraction of sp³-hybridized carbons (Fsp3) is 0.269. The van der Waals surface area contributed by atoms with Gasteiger partial charge in [-0.05, 0) is 61.0 Å². The number of para-hydroxylation sites is 2. The number of benzene rings is 3. The van der Waals surface area contributed by atoms with Gasteiger partial charge in [0.25, 0.3) is 15.9 Å². The van der Waals surface area contributed by atoms with Gasteiger partial charge in [-0.25, -0.2) is 8.42 Å². The van der Waals surface area contributed by atoms with Gasteiger partial charge in [-0.1, -0.05) is 18.2 Å². The number of nitrogens with one attached hydrogen (secondary N) is 1. The minimum atomic E-state index is -3.97. The molecule has 10 heteroatoms. The van der Waals surface area contributed by atoms with Gasteiger partial charge >= 0.3 is 0 Å². The van der Waals surface area contributed by atoms with Gasteiger partial charge in [-0.15, -0.1) is 0 Å². The molecule has 0 aromatic heterocycles. The topological polar surface area (TPSA) is 103 Å². The molecule has 0 radical (unpaired) electrons. The number of amides is 1. The maximum atomic E-state index is 13.6. The zero-order valence-corrected chi connectivity index (χ0v) is 21.1. The lowest BCUT2D eigenvalue weighted by Crippen LogP contribution is -2.51. The van der Waals surface area contributed by atoms with Gasteiger partial charge in [-0.2, -0.15) is 0 Å². The molecule has 0 fully saturated rings. The summed E-state index contributed by atoms with van der Waals surface area (Å²) in [6.45, 7) is 2.08. The number of ether oxygens (including phenoxy) is 4. The number of carbonyl (C=O) groups is 1. The summed E-state index contributed by atoms with van der Waals surface area (Å²) >= 11 is 0. The van der Waals surface area contributed by atoms with Crippen LogP contribution in [0.25, 0.3) is 0 Å². The van der Waals surface area contributed by atoms with E-state index in [0.29, 0.717) is 28.7 Å². The Morgan fingerprint density at radius 2 is 1.75 bits per heavy atom. The Balaban J connectivity index is 1.49. The minimum absolute atomic E-state index is 0.0852. The van der Waals surface area contributed by atoms with Crippen LogP contribution in [0.15, 0.2) is 71.6 Å². The normalized spacial score (nSPS) is 14.9. The number of carbonyl (C=O) groups excluding carboxylic acids is 1. The summed E-state index contributed by atoms with van der Waals surface area (Å²) in [5.41, 5.74) is 1.25. The Bertz CT molecular complexity index is 1330. The van der Waals surface area contributed by atoms with E-state index in [0.717, 1.165) is 5.56 Å². The number of methoxy groups -OCH3 is 2. The van der Waals surface area contributed by atoms with Crippen molar-refractivity contribution in [1.82, 2.24) is 5.32 Å². The summed E-state index contributed by atoms with van der Waals surface area (Å²) in [7, 11) is -0.913. The largest absolute Gasteiger partial charge is 0.497 e. The van der Waals surface area contributed by atoms with E-state index in [4.69, 9.17) is 18.9 Å². The molecule has 0 saturated carbocycles. The van der Waals surface area contributed by atoms with Crippen molar-refractivity contribution in [2.24, 2.45) is 0 Å². The van der Waals surface area contributed by atoms with E-state index in [1.54, 1.807) is 49.6 Å². The molecule has 0 saturated heterocycles. The first-order valence-electron chi connectivity index (χ1n) is 11.3. The van der Waals surface area contributed by atoms with Crippen LogP contribution in [0.3, 0.4) is 0 Å². The first-order valence-corrected chi connectivity index (χ1v) is 12.7. The van der Waals surface area contributed by atoms with Gasteiger partial charge in [0.05, 0.1) is 37.9 Å². The molecule has 0 aliphatic carbocycles. The van der Waals surface area contributed by atoms with E-state index < -0.39 is 22.0 Å². The first kappa shape index (κ1) is 25.2. The fourth-order valence-electron chi connectivity index (χ4n) is 3.79. The van der Waals surface area contributed by atoms with Crippen molar-refractivity contribution in [1.29, 1.82) is 0 Å². The third-order valence-corrected chi connectivity index (χ3v) is 7.45. The second-order valence-electron chi connectivity index (χ2n) is 8.08. The average Bonchev–Trinajstić information content (AvgIpc) is 2.90. The molecule has 0 spiro atoms. The Morgan fingerprint density at radius 1 is 1.03 bits per heavy atom. The van der Waals surface area contributed by atoms with Crippen molar-refractivity contribution >= 4 is 21.6 Å². The Morgan fingerprint density at radius 3 is 2.44 bits per heavy atom. The molecule has 3 aromatic carbocycles. The number of fused-ring (bicyclic) bond motifs is 1. The van der Waals surface area contributed by atoms with E-state index in [2.05, 4.69) is 5.32 Å². The van der Waals surface area contributed by atoms with E-state index in [9.17, 15) is 13.2 Å². The molecule has 3 aromatic rings. The minimum Gasteiger partial charge on any atom is -0.497 e. The monoisotopic (exact) mass is 512 g/mol. The van der Waals surface area contributed by atoms with Crippen molar-refractivity contribution < 1.29 is 32.2 Å². The van der Waals surface area contributed by atoms with E-state index >= 15 is 0 Å². The Hall–Kier alpha value is -3.92. The second-order valence-corrected chi connectivity index (χ2v) is 9.94. The van der Waals surface area contributed by atoms with Gasteiger partial charge in [0, 0.05) is 0 Å². The summed E-state index contributed by atoms with van der Waals surface area (Å²) in [4.78, 5) is 13.0. The molecule has 0 unspecified atom stereocenters.